The summed E-state index contributed by atoms with van der Waals surface area (Å²) in [4.78, 5) is 15.5. The highest BCUT2D eigenvalue weighted by Crippen LogP contribution is 2.47. The van der Waals surface area contributed by atoms with Crippen molar-refractivity contribution in [3.8, 4) is 5.75 Å². The fourth-order valence-electron chi connectivity index (χ4n) is 3.90. The minimum atomic E-state index is -3.51. The predicted octanol–water partition coefficient (Wildman–Crippen LogP) is 1.38. The van der Waals surface area contributed by atoms with Gasteiger partial charge >= 0.3 is 0 Å². The second-order valence-electron chi connectivity index (χ2n) is 8.39. The van der Waals surface area contributed by atoms with Crippen LogP contribution in [-0.2, 0) is 19.3 Å². The Morgan fingerprint density at radius 3 is 2.77 bits per heavy atom. The van der Waals surface area contributed by atoms with E-state index in [4.69, 9.17) is 14.5 Å². The average molecular weight is 438 g/mol. The SMILES string of the molecule is CCC12COC[C@@H](C)N1c1nc(Nc3ncn[nH]3)nc(C(C)(C)S(C)(=O)=O)c1OC2. The van der Waals surface area contributed by atoms with Crippen molar-refractivity contribution < 1.29 is 17.9 Å². The maximum atomic E-state index is 12.6. The normalized spacial score (nSPS) is 24.0. The number of rotatable bonds is 5. The number of ether oxygens (including phenoxy) is 2. The lowest BCUT2D eigenvalue weighted by Crippen LogP contribution is -2.65. The highest BCUT2D eigenvalue weighted by Gasteiger charge is 2.50. The van der Waals surface area contributed by atoms with Crippen LogP contribution in [0.2, 0.25) is 0 Å². The smallest absolute Gasteiger partial charge is 0.232 e. The Morgan fingerprint density at radius 1 is 1.37 bits per heavy atom. The first kappa shape index (κ1) is 20.8. The highest BCUT2D eigenvalue weighted by atomic mass is 32.2. The first-order valence-electron chi connectivity index (χ1n) is 9.83. The number of fused-ring (bicyclic) bond motifs is 3. The molecular formula is C18H27N7O4S. The van der Waals surface area contributed by atoms with Crippen LogP contribution in [0.5, 0.6) is 5.75 Å². The Balaban J connectivity index is 1.94. The third kappa shape index (κ3) is 3.18. The number of morpholine rings is 1. The Kier molecular flexibility index (Phi) is 4.88. The standard InChI is InChI=1S/C18H27N7O4S/c1-6-18-8-28-7-11(2)25(18)14-12(29-9-18)13(17(3,4)30(5,26)27)21-16(22-14)23-15-19-10-20-24-15/h10-11H,6-9H2,1-5H3,(H2,19,20,21,22,23,24)/t11-,18?/m1/s1. The fourth-order valence-corrected chi connectivity index (χ4v) is 4.39. The number of sulfone groups is 1. The van der Waals surface area contributed by atoms with Gasteiger partial charge in [-0.25, -0.2) is 18.5 Å². The number of hydrogen-bond donors (Lipinski definition) is 2. The largest absolute Gasteiger partial charge is 0.485 e. The molecule has 2 aliphatic heterocycles. The van der Waals surface area contributed by atoms with Gasteiger partial charge in [-0.3, -0.25) is 5.32 Å². The Bertz CT molecular complexity index is 1040. The molecule has 2 aliphatic rings. The lowest BCUT2D eigenvalue weighted by atomic mass is 9.90. The van der Waals surface area contributed by atoms with Gasteiger partial charge in [0.2, 0.25) is 11.9 Å². The first-order chi connectivity index (χ1) is 14.1. The molecule has 30 heavy (non-hydrogen) atoms. The summed E-state index contributed by atoms with van der Waals surface area (Å²) in [6.07, 6.45) is 3.34. The molecule has 12 heteroatoms. The molecule has 0 spiro atoms. The minimum Gasteiger partial charge on any atom is -0.485 e. The molecule has 2 aromatic rings. The van der Waals surface area contributed by atoms with Crippen molar-refractivity contribution in [1.29, 1.82) is 0 Å². The summed E-state index contributed by atoms with van der Waals surface area (Å²) in [5.74, 6) is 1.52. The molecule has 164 valence electrons. The summed E-state index contributed by atoms with van der Waals surface area (Å²) in [6, 6.07) is 0.0311. The van der Waals surface area contributed by atoms with E-state index in [9.17, 15) is 8.42 Å². The van der Waals surface area contributed by atoms with E-state index in [1.807, 2.05) is 0 Å². The zero-order valence-corrected chi connectivity index (χ0v) is 18.6. The van der Waals surface area contributed by atoms with Gasteiger partial charge in [0.15, 0.2) is 21.4 Å². The van der Waals surface area contributed by atoms with Crippen molar-refractivity contribution in [3.05, 3.63) is 12.0 Å². The molecule has 0 bridgehead atoms. The van der Waals surface area contributed by atoms with Gasteiger partial charge in [-0.1, -0.05) is 6.92 Å². The van der Waals surface area contributed by atoms with E-state index in [0.29, 0.717) is 43.0 Å². The van der Waals surface area contributed by atoms with Crippen LogP contribution in [0, 0.1) is 0 Å². The topological polar surface area (TPSA) is 135 Å². The molecular weight excluding hydrogens is 410 g/mol. The lowest BCUT2D eigenvalue weighted by Gasteiger charge is -2.53. The van der Waals surface area contributed by atoms with Crippen LogP contribution in [0.4, 0.5) is 17.7 Å². The van der Waals surface area contributed by atoms with Crippen LogP contribution in [0.15, 0.2) is 6.33 Å². The van der Waals surface area contributed by atoms with Crippen LogP contribution in [-0.4, -0.2) is 71.2 Å². The Hall–Kier alpha value is -2.47. The van der Waals surface area contributed by atoms with E-state index in [0.717, 1.165) is 6.42 Å². The van der Waals surface area contributed by atoms with E-state index in [2.05, 4.69) is 44.2 Å². The van der Waals surface area contributed by atoms with Gasteiger partial charge < -0.3 is 14.4 Å². The van der Waals surface area contributed by atoms with E-state index >= 15 is 0 Å². The molecule has 0 aliphatic carbocycles. The number of H-pyrrole nitrogens is 1. The van der Waals surface area contributed by atoms with Gasteiger partial charge in [0, 0.05) is 6.26 Å². The third-order valence-electron chi connectivity index (χ3n) is 6.04. The quantitative estimate of drug-likeness (QED) is 0.706. The van der Waals surface area contributed by atoms with Gasteiger partial charge in [0.05, 0.1) is 24.8 Å². The molecule has 2 aromatic heterocycles. The predicted molar refractivity (Wildman–Crippen MR) is 111 cm³/mol. The molecule has 1 unspecified atom stereocenters. The molecule has 11 nitrogen and oxygen atoms in total. The van der Waals surface area contributed by atoms with Gasteiger partial charge in [-0.15, -0.1) is 0 Å². The zero-order valence-electron chi connectivity index (χ0n) is 17.8. The van der Waals surface area contributed by atoms with Crippen LogP contribution in [0.1, 0.15) is 39.8 Å². The Labute approximate surface area is 175 Å². The monoisotopic (exact) mass is 437 g/mol. The van der Waals surface area contributed by atoms with E-state index in [1.165, 1.54) is 12.6 Å². The van der Waals surface area contributed by atoms with Crippen molar-refractivity contribution in [1.82, 2.24) is 25.1 Å². The second kappa shape index (κ2) is 7.05. The molecule has 2 N–H and O–H groups in total. The summed E-state index contributed by atoms with van der Waals surface area (Å²) in [6.45, 7) is 8.80. The molecule has 0 aromatic carbocycles. The molecule has 1 fully saturated rings. The maximum Gasteiger partial charge on any atom is 0.232 e. The molecule has 0 radical (unpaired) electrons. The summed E-state index contributed by atoms with van der Waals surface area (Å²) in [5.41, 5.74) is -0.0740. The number of hydrogen-bond acceptors (Lipinski definition) is 10. The second-order valence-corrected chi connectivity index (χ2v) is 11.0. The van der Waals surface area contributed by atoms with Crippen LogP contribution < -0.4 is 15.0 Å². The summed E-state index contributed by atoms with van der Waals surface area (Å²) in [7, 11) is -3.51. The van der Waals surface area contributed by atoms with E-state index in [-0.39, 0.29) is 17.5 Å². The first-order valence-corrected chi connectivity index (χ1v) is 11.7. The van der Waals surface area contributed by atoms with Crippen molar-refractivity contribution in [2.24, 2.45) is 0 Å². The van der Waals surface area contributed by atoms with Gasteiger partial charge in [0.25, 0.3) is 0 Å². The van der Waals surface area contributed by atoms with Gasteiger partial charge in [-0.2, -0.15) is 15.1 Å². The van der Waals surface area contributed by atoms with Gasteiger partial charge in [-0.05, 0) is 27.2 Å². The number of aromatic amines is 1. The van der Waals surface area contributed by atoms with Crippen molar-refractivity contribution >= 4 is 27.6 Å². The number of nitrogens with zero attached hydrogens (tertiary/aromatic N) is 5. The molecule has 0 saturated carbocycles. The Morgan fingerprint density at radius 2 is 2.13 bits per heavy atom. The number of aromatic nitrogens is 5. The summed E-state index contributed by atoms with van der Waals surface area (Å²) >= 11 is 0. The van der Waals surface area contributed by atoms with Crippen LogP contribution >= 0.6 is 0 Å². The highest BCUT2D eigenvalue weighted by molar-refractivity contribution is 7.91. The van der Waals surface area contributed by atoms with Crippen LogP contribution in [0.3, 0.4) is 0 Å². The maximum absolute atomic E-state index is 12.6. The zero-order chi connectivity index (χ0) is 21.7. The minimum absolute atomic E-state index is 0.0311. The molecule has 2 atom stereocenters. The molecule has 1 saturated heterocycles. The molecule has 0 amide bonds. The summed E-state index contributed by atoms with van der Waals surface area (Å²) < 4.78 is 36.0. The molecule has 4 rings (SSSR count). The number of nitrogens with one attached hydrogen (secondary N) is 2. The van der Waals surface area contributed by atoms with Crippen molar-refractivity contribution in [2.75, 3.05) is 36.3 Å². The fraction of sp³-hybridized carbons (Fsp3) is 0.667. The average Bonchev–Trinajstić information content (AvgIpc) is 3.19. The molecule has 4 heterocycles. The lowest BCUT2D eigenvalue weighted by molar-refractivity contribution is -0.00260. The summed E-state index contributed by atoms with van der Waals surface area (Å²) in [5, 5.41) is 9.50. The third-order valence-corrected chi connectivity index (χ3v) is 8.09. The van der Waals surface area contributed by atoms with Crippen molar-refractivity contribution in [3.63, 3.8) is 0 Å². The van der Waals surface area contributed by atoms with E-state index in [1.54, 1.807) is 13.8 Å². The number of anilines is 3. The van der Waals surface area contributed by atoms with Crippen molar-refractivity contribution in [2.45, 2.75) is 50.4 Å². The van der Waals surface area contributed by atoms with E-state index < -0.39 is 14.6 Å². The van der Waals surface area contributed by atoms with Gasteiger partial charge in [0.1, 0.15) is 23.4 Å². The van der Waals surface area contributed by atoms with Crippen LogP contribution in [0.25, 0.3) is 0 Å².